The van der Waals surface area contributed by atoms with Gasteiger partial charge in [0.05, 0.1) is 12.3 Å². The number of rotatable bonds is 6. The van der Waals surface area contributed by atoms with Crippen LogP contribution in [-0.2, 0) is 0 Å². The number of nitrogens with one attached hydrogen (secondary N) is 1. The second-order valence-corrected chi connectivity index (χ2v) is 6.82. The maximum Gasteiger partial charge on any atom is 0.122 e. The van der Waals surface area contributed by atoms with Crippen molar-refractivity contribution in [3.05, 3.63) is 46.0 Å². The van der Waals surface area contributed by atoms with Gasteiger partial charge in [-0.15, -0.1) is 11.3 Å². The molecule has 2 unspecified atom stereocenters. The Morgan fingerprint density at radius 2 is 2.14 bits per heavy atom. The van der Waals surface area contributed by atoms with Crippen molar-refractivity contribution in [2.24, 2.45) is 0 Å². The SMILES string of the molecule is Cc1ccsc1C(C)NCC(c1ccco1)N1CCCC1. The van der Waals surface area contributed by atoms with Gasteiger partial charge in [-0.05, 0) is 68.9 Å². The largest absolute Gasteiger partial charge is 0.468 e. The molecule has 21 heavy (non-hydrogen) atoms. The van der Waals surface area contributed by atoms with Gasteiger partial charge in [-0.1, -0.05) is 0 Å². The smallest absolute Gasteiger partial charge is 0.122 e. The summed E-state index contributed by atoms with van der Waals surface area (Å²) in [6.07, 6.45) is 4.39. The van der Waals surface area contributed by atoms with Crippen LogP contribution in [0.2, 0.25) is 0 Å². The molecule has 1 fully saturated rings. The van der Waals surface area contributed by atoms with E-state index in [1.165, 1.54) is 36.4 Å². The van der Waals surface area contributed by atoms with Gasteiger partial charge in [0.2, 0.25) is 0 Å². The van der Waals surface area contributed by atoms with Gasteiger partial charge in [0.1, 0.15) is 5.76 Å². The minimum Gasteiger partial charge on any atom is -0.468 e. The first kappa shape index (κ1) is 14.8. The average Bonchev–Trinajstić information content (AvgIpc) is 3.21. The molecule has 2 aromatic rings. The monoisotopic (exact) mass is 304 g/mol. The van der Waals surface area contributed by atoms with E-state index in [0.29, 0.717) is 12.1 Å². The minimum atomic E-state index is 0.352. The quantitative estimate of drug-likeness (QED) is 0.869. The van der Waals surface area contributed by atoms with Crippen molar-refractivity contribution in [3.8, 4) is 0 Å². The minimum absolute atomic E-state index is 0.352. The zero-order chi connectivity index (χ0) is 14.7. The van der Waals surface area contributed by atoms with Crippen molar-refractivity contribution >= 4 is 11.3 Å². The highest BCUT2D eigenvalue weighted by atomic mass is 32.1. The van der Waals surface area contributed by atoms with Crippen molar-refractivity contribution in [2.45, 2.75) is 38.8 Å². The van der Waals surface area contributed by atoms with Crippen LogP contribution in [0.4, 0.5) is 0 Å². The summed E-state index contributed by atoms with van der Waals surface area (Å²) in [6.45, 7) is 7.74. The van der Waals surface area contributed by atoms with E-state index in [1.807, 2.05) is 17.4 Å². The number of hydrogen-bond acceptors (Lipinski definition) is 4. The van der Waals surface area contributed by atoms with Gasteiger partial charge in [0.25, 0.3) is 0 Å². The number of nitrogens with zero attached hydrogens (tertiary/aromatic N) is 1. The lowest BCUT2D eigenvalue weighted by Crippen LogP contribution is -2.35. The van der Waals surface area contributed by atoms with Crippen LogP contribution >= 0.6 is 11.3 Å². The maximum absolute atomic E-state index is 5.68. The van der Waals surface area contributed by atoms with Crippen molar-refractivity contribution in [3.63, 3.8) is 0 Å². The zero-order valence-corrected chi connectivity index (χ0v) is 13.7. The fraction of sp³-hybridized carbons (Fsp3) is 0.529. The number of aryl methyl sites for hydroxylation is 1. The van der Waals surface area contributed by atoms with E-state index in [9.17, 15) is 0 Å². The fourth-order valence-electron chi connectivity index (χ4n) is 3.15. The molecule has 0 amide bonds. The predicted octanol–water partition coefficient (Wildman–Crippen LogP) is 4.14. The summed E-state index contributed by atoms with van der Waals surface area (Å²) in [6, 6.07) is 7.04. The topological polar surface area (TPSA) is 28.4 Å². The lowest BCUT2D eigenvalue weighted by atomic mass is 10.1. The van der Waals surface area contributed by atoms with E-state index in [4.69, 9.17) is 4.42 Å². The van der Waals surface area contributed by atoms with E-state index in [2.05, 4.69) is 41.6 Å². The first-order valence-electron chi connectivity index (χ1n) is 7.80. The van der Waals surface area contributed by atoms with Gasteiger partial charge in [-0.25, -0.2) is 0 Å². The molecule has 1 saturated heterocycles. The lowest BCUT2D eigenvalue weighted by Gasteiger charge is -2.27. The third-order valence-corrected chi connectivity index (χ3v) is 5.57. The van der Waals surface area contributed by atoms with E-state index in [1.54, 1.807) is 6.26 Å². The van der Waals surface area contributed by atoms with Crippen LogP contribution in [0.3, 0.4) is 0 Å². The highest BCUT2D eigenvalue weighted by Crippen LogP contribution is 2.27. The zero-order valence-electron chi connectivity index (χ0n) is 12.8. The van der Waals surface area contributed by atoms with Gasteiger partial charge in [0.15, 0.2) is 0 Å². The molecule has 0 aromatic carbocycles. The first-order valence-corrected chi connectivity index (χ1v) is 8.68. The van der Waals surface area contributed by atoms with Crippen LogP contribution in [0.5, 0.6) is 0 Å². The number of hydrogen-bond donors (Lipinski definition) is 1. The molecule has 0 saturated carbocycles. The van der Waals surface area contributed by atoms with Gasteiger partial charge >= 0.3 is 0 Å². The Hall–Kier alpha value is -1.10. The molecule has 4 heteroatoms. The van der Waals surface area contributed by atoms with Crippen LogP contribution in [0, 0.1) is 6.92 Å². The van der Waals surface area contributed by atoms with Crippen LogP contribution in [0.1, 0.15) is 48.0 Å². The molecule has 3 heterocycles. The Bertz CT molecular complexity index is 543. The lowest BCUT2D eigenvalue weighted by molar-refractivity contribution is 0.206. The van der Waals surface area contributed by atoms with Gasteiger partial charge in [0, 0.05) is 17.5 Å². The van der Waals surface area contributed by atoms with Crippen molar-refractivity contribution in [2.75, 3.05) is 19.6 Å². The number of thiophene rings is 1. The normalized spacial score (nSPS) is 19.0. The molecule has 0 spiro atoms. The standard InChI is InChI=1S/C17H24N2OS/c1-13-7-11-21-17(13)14(2)18-12-15(16-6-5-10-20-16)19-8-3-4-9-19/h5-7,10-11,14-15,18H,3-4,8-9,12H2,1-2H3. The molecule has 1 N–H and O–H groups in total. The molecule has 3 nitrogen and oxygen atoms in total. The summed E-state index contributed by atoms with van der Waals surface area (Å²) in [7, 11) is 0. The summed E-state index contributed by atoms with van der Waals surface area (Å²) < 4.78 is 5.68. The van der Waals surface area contributed by atoms with Gasteiger partial charge in [-0.3, -0.25) is 4.90 Å². The van der Waals surface area contributed by atoms with Crippen molar-refractivity contribution < 1.29 is 4.42 Å². The van der Waals surface area contributed by atoms with E-state index in [-0.39, 0.29) is 0 Å². The Morgan fingerprint density at radius 3 is 2.76 bits per heavy atom. The van der Waals surface area contributed by atoms with Gasteiger partial charge < -0.3 is 9.73 Å². The molecule has 1 aliphatic heterocycles. The average molecular weight is 304 g/mol. The molecule has 0 radical (unpaired) electrons. The van der Waals surface area contributed by atoms with Crippen molar-refractivity contribution in [1.29, 1.82) is 0 Å². The Labute approximate surface area is 131 Å². The Morgan fingerprint density at radius 1 is 1.33 bits per heavy atom. The maximum atomic E-state index is 5.68. The van der Waals surface area contributed by atoms with E-state index < -0.39 is 0 Å². The van der Waals surface area contributed by atoms with Crippen LogP contribution in [0.15, 0.2) is 34.3 Å². The summed E-state index contributed by atoms with van der Waals surface area (Å²) in [5, 5.41) is 5.87. The fourth-order valence-corrected chi connectivity index (χ4v) is 4.11. The third kappa shape index (κ3) is 3.39. The predicted molar refractivity (Wildman–Crippen MR) is 87.7 cm³/mol. The first-order chi connectivity index (χ1) is 10.3. The van der Waals surface area contributed by atoms with Crippen LogP contribution in [0.25, 0.3) is 0 Å². The highest BCUT2D eigenvalue weighted by Gasteiger charge is 2.26. The molecule has 2 aromatic heterocycles. The molecule has 2 atom stereocenters. The molecule has 0 aliphatic carbocycles. The molecular formula is C17H24N2OS. The van der Waals surface area contributed by atoms with Gasteiger partial charge in [-0.2, -0.15) is 0 Å². The third-order valence-electron chi connectivity index (χ3n) is 4.37. The van der Waals surface area contributed by atoms with E-state index >= 15 is 0 Å². The second kappa shape index (κ2) is 6.77. The van der Waals surface area contributed by atoms with Crippen LogP contribution in [-0.4, -0.2) is 24.5 Å². The molecule has 1 aliphatic rings. The molecular weight excluding hydrogens is 280 g/mol. The highest BCUT2D eigenvalue weighted by molar-refractivity contribution is 7.10. The number of likely N-dealkylation sites (tertiary alicyclic amines) is 1. The van der Waals surface area contributed by atoms with Crippen molar-refractivity contribution in [1.82, 2.24) is 10.2 Å². The van der Waals surface area contributed by atoms with E-state index in [0.717, 1.165) is 12.3 Å². The summed E-state index contributed by atoms with van der Waals surface area (Å²) in [4.78, 5) is 3.98. The Kier molecular flexibility index (Phi) is 4.78. The number of furan rings is 1. The van der Waals surface area contributed by atoms with Crippen LogP contribution < -0.4 is 5.32 Å². The second-order valence-electron chi connectivity index (χ2n) is 5.87. The Balaban J connectivity index is 1.66. The summed E-state index contributed by atoms with van der Waals surface area (Å²) in [5.74, 6) is 1.08. The summed E-state index contributed by atoms with van der Waals surface area (Å²) in [5.41, 5.74) is 1.38. The molecule has 0 bridgehead atoms. The molecule has 3 rings (SSSR count). The molecule has 114 valence electrons. The summed E-state index contributed by atoms with van der Waals surface area (Å²) >= 11 is 1.84.